The highest BCUT2D eigenvalue weighted by Crippen LogP contribution is 2.30. The van der Waals surface area contributed by atoms with Crippen molar-refractivity contribution >= 4 is 23.2 Å². The minimum atomic E-state index is -0.918. The van der Waals surface area contributed by atoms with Gasteiger partial charge in [-0.25, -0.2) is 4.98 Å². The van der Waals surface area contributed by atoms with Crippen LogP contribution in [0, 0.1) is 12.3 Å². The third kappa shape index (κ3) is 3.64. The minimum Gasteiger partial charge on any atom is -0.481 e. The van der Waals surface area contributed by atoms with Crippen molar-refractivity contribution in [2.45, 2.75) is 39.5 Å². The number of carboxylic acids is 1. The Hall–Kier alpha value is -1.47. The SMILES string of the molecule is CCCc1nc(C)c(C(=O)NCC2(C(=O)O)CCOCC2)s1. The van der Waals surface area contributed by atoms with E-state index in [2.05, 4.69) is 17.2 Å². The molecule has 0 atom stereocenters. The Bertz CT molecular complexity index is 550. The van der Waals surface area contributed by atoms with Crippen LogP contribution in [0.3, 0.4) is 0 Å². The molecule has 0 unspecified atom stereocenters. The van der Waals surface area contributed by atoms with Crippen LogP contribution in [0.2, 0.25) is 0 Å². The summed E-state index contributed by atoms with van der Waals surface area (Å²) in [7, 11) is 0. The highest BCUT2D eigenvalue weighted by molar-refractivity contribution is 7.13. The topological polar surface area (TPSA) is 88.5 Å². The van der Waals surface area contributed by atoms with Crippen molar-refractivity contribution in [3.8, 4) is 0 Å². The monoisotopic (exact) mass is 326 g/mol. The molecule has 2 rings (SSSR count). The molecule has 0 spiro atoms. The maximum atomic E-state index is 12.3. The van der Waals surface area contributed by atoms with E-state index in [9.17, 15) is 14.7 Å². The number of aliphatic carboxylic acids is 1. The number of aryl methyl sites for hydroxylation is 2. The predicted octanol–water partition coefficient (Wildman–Crippen LogP) is 2.02. The Balaban J connectivity index is 2.03. The predicted molar refractivity (Wildman–Crippen MR) is 83.3 cm³/mol. The fourth-order valence-corrected chi connectivity index (χ4v) is 3.62. The van der Waals surface area contributed by atoms with Crippen LogP contribution in [0.15, 0.2) is 0 Å². The first-order valence-corrected chi connectivity index (χ1v) is 8.36. The van der Waals surface area contributed by atoms with Gasteiger partial charge in [0.2, 0.25) is 0 Å². The normalized spacial score (nSPS) is 17.2. The summed E-state index contributed by atoms with van der Waals surface area (Å²) in [6, 6.07) is 0. The summed E-state index contributed by atoms with van der Waals surface area (Å²) in [5.74, 6) is -1.10. The van der Waals surface area contributed by atoms with E-state index in [0.717, 1.165) is 17.8 Å². The number of thiazole rings is 1. The second kappa shape index (κ2) is 7.19. The van der Waals surface area contributed by atoms with Crippen molar-refractivity contribution in [3.63, 3.8) is 0 Å². The molecule has 22 heavy (non-hydrogen) atoms. The van der Waals surface area contributed by atoms with Crippen LogP contribution in [0.25, 0.3) is 0 Å². The van der Waals surface area contributed by atoms with Gasteiger partial charge in [-0.1, -0.05) is 6.92 Å². The van der Waals surface area contributed by atoms with Crippen molar-refractivity contribution < 1.29 is 19.4 Å². The second-order valence-electron chi connectivity index (χ2n) is 5.65. The average molecular weight is 326 g/mol. The van der Waals surface area contributed by atoms with Crippen LogP contribution < -0.4 is 5.32 Å². The van der Waals surface area contributed by atoms with E-state index in [0.29, 0.717) is 36.6 Å². The summed E-state index contributed by atoms with van der Waals surface area (Å²) >= 11 is 1.39. The van der Waals surface area contributed by atoms with E-state index in [1.165, 1.54) is 11.3 Å². The molecule has 1 amide bonds. The van der Waals surface area contributed by atoms with Crippen LogP contribution in [0.4, 0.5) is 0 Å². The second-order valence-corrected chi connectivity index (χ2v) is 6.74. The molecule has 2 N–H and O–H groups in total. The molecule has 0 saturated carbocycles. The van der Waals surface area contributed by atoms with E-state index in [1.807, 2.05) is 6.92 Å². The Morgan fingerprint density at radius 1 is 1.41 bits per heavy atom. The zero-order valence-electron chi connectivity index (χ0n) is 13.0. The molecule has 1 aliphatic heterocycles. The van der Waals surface area contributed by atoms with Gasteiger partial charge in [-0.3, -0.25) is 9.59 Å². The van der Waals surface area contributed by atoms with Crippen molar-refractivity contribution in [1.82, 2.24) is 10.3 Å². The highest BCUT2D eigenvalue weighted by atomic mass is 32.1. The average Bonchev–Trinajstić information content (AvgIpc) is 2.87. The van der Waals surface area contributed by atoms with Gasteiger partial charge in [0.15, 0.2) is 0 Å². The molecular formula is C15H22N2O4S. The number of ether oxygens (including phenoxy) is 1. The van der Waals surface area contributed by atoms with Crippen molar-refractivity contribution in [2.75, 3.05) is 19.8 Å². The number of nitrogens with zero attached hydrogens (tertiary/aromatic N) is 1. The standard InChI is InChI=1S/C15H22N2O4S/c1-3-4-11-17-10(2)12(22-11)13(18)16-9-15(14(19)20)5-7-21-8-6-15/h3-9H2,1-2H3,(H,16,18)(H,19,20). The molecular weight excluding hydrogens is 304 g/mol. The fraction of sp³-hybridized carbons (Fsp3) is 0.667. The number of carbonyl (C=O) groups excluding carboxylic acids is 1. The molecule has 6 nitrogen and oxygen atoms in total. The van der Waals surface area contributed by atoms with E-state index in [4.69, 9.17) is 4.74 Å². The Morgan fingerprint density at radius 2 is 2.09 bits per heavy atom. The summed E-state index contributed by atoms with van der Waals surface area (Å²) in [6.45, 7) is 4.85. The highest BCUT2D eigenvalue weighted by Gasteiger charge is 2.40. The number of hydrogen-bond acceptors (Lipinski definition) is 5. The lowest BCUT2D eigenvalue weighted by molar-refractivity contribution is -0.154. The lowest BCUT2D eigenvalue weighted by atomic mass is 9.80. The maximum Gasteiger partial charge on any atom is 0.311 e. The molecule has 1 aliphatic rings. The number of amides is 1. The zero-order valence-corrected chi connectivity index (χ0v) is 13.8. The van der Waals surface area contributed by atoms with Crippen LogP contribution >= 0.6 is 11.3 Å². The maximum absolute atomic E-state index is 12.3. The molecule has 2 heterocycles. The number of hydrogen-bond donors (Lipinski definition) is 2. The largest absolute Gasteiger partial charge is 0.481 e. The Labute approximate surface area is 133 Å². The molecule has 7 heteroatoms. The van der Waals surface area contributed by atoms with Crippen molar-refractivity contribution in [1.29, 1.82) is 0 Å². The first kappa shape index (κ1) is 16.9. The summed E-state index contributed by atoms with van der Waals surface area (Å²) < 4.78 is 5.23. The van der Waals surface area contributed by atoms with Crippen molar-refractivity contribution in [2.24, 2.45) is 5.41 Å². The smallest absolute Gasteiger partial charge is 0.311 e. The lowest BCUT2D eigenvalue weighted by Gasteiger charge is -2.33. The number of rotatable bonds is 6. The van der Waals surface area contributed by atoms with Gasteiger partial charge in [0, 0.05) is 19.8 Å². The molecule has 0 aromatic carbocycles. The van der Waals surface area contributed by atoms with Gasteiger partial charge in [-0.2, -0.15) is 0 Å². The third-order valence-electron chi connectivity index (χ3n) is 4.00. The quantitative estimate of drug-likeness (QED) is 0.835. The summed E-state index contributed by atoms with van der Waals surface area (Å²) in [5.41, 5.74) is -0.207. The number of carboxylic acid groups (broad SMARTS) is 1. The molecule has 1 aromatic heterocycles. The Morgan fingerprint density at radius 3 is 2.68 bits per heavy atom. The van der Waals surface area contributed by atoms with E-state index >= 15 is 0 Å². The number of nitrogens with one attached hydrogen (secondary N) is 1. The van der Waals surface area contributed by atoms with Gasteiger partial charge in [-0.15, -0.1) is 11.3 Å². The zero-order chi connectivity index (χ0) is 16.2. The van der Waals surface area contributed by atoms with Gasteiger partial charge in [-0.05, 0) is 32.6 Å². The molecule has 0 bridgehead atoms. The van der Waals surface area contributed by atoms with Crippen LogP contribution in [0.1, 0.15) is 46.6 Å². The molecule has 122 valence electrons. The minimum absolute atomic E-state index is 0.130. The van der Waals surface area contributed by atoms with E-state index < -0.39 is 11.4 Å². The van der Waals surface area contributed by atoms with Gasteiger partial charge >= 0.3 is 5.97 Å². The van der Waals surface area contributed by atoms with Gasteiger partial charge < -0.3 is 15.2 Å². The van der Waals surface area contributed by atoms with Crippen LogP contribution in [-0.4, -0.2) is 41.7 Å². The fourth-order valence-electron chi connectivity index (χ4n) is 2.54. The number of aromatic nitrogens is 1. The summed E-state index contributed by atoms with van der Waals surface area (Å²) in [6.07, 6.45) is 2.68. The summed E-state index contributed by atoms with van der Waals surface area (Å²) in [4.78, 5) is 28.9. The molecule has 1 fully saturated rings. The van der Waals surface area contributed by atoms with Gasteiger partial charge in [0.05, 0.1) is 16.1 Å². The first-order valence-electron chi connectivity index (χ1n) is 7.54. The molecule has 0 radical (unpaired) electrons. The van der Waals surface area contributed by atoms with Gasteiger partial charge in [0.1, 0.15) is 4.88 Å². The van der Waals surface area contributed by atoms with Crippen LogP contribution in [-0.2, 0) is 16.0 Å². The first-order chi connectivity index (χ1) is 10.5. The third-order valence-corrected chi connectivity index (χ3v) is 5.22. The molecule has 1 saturated heterocycles. The van der Waals surface area contributed by atoms with Crippen molar-refractivity contribution in [3.05, 3.63) is 15.6 Å². The molecule has 1 aromatic rings. The van der Waals surface area contributed by atoms with Gasteiger partial charge in [0.25, 0.3) is 5.91 Å². The van der Waals surface area contributed by atoms with E-state index in [-0.39, 0.29) is 12.5 Å². The Kier molecular flexibility index (Phi) is 5.52. The lowest BCUT2D eigenvalue weighted by Crippen LogP contribution is -2.46. The van der Waals surface area contributed by atoms with E-state index in [1.54, 1.807) is 0 Å². The number of carbonyl (C=O) groups is 2. The van der Waals surface area contributed by atoms with Crippen LogP contribution in [0.5, 0.6) is 0 Å². The summed E-state index contributed by atoms with van der Waals surface area (Å²) in [5, 5.41) is 13.2. The molecule has 0 aliphatic carbocycles.